The molecule has 0 aliphatic carbocycles. The molecule has 0 spiro atoms. The molecule has 3 aromatic rings. The van der Waals surface area contributed by atoms with Crippen LogP contribution in [0.25, 0.3) is 21.8 Å². The second kappa shape index (κ2) is 5.38. The van der Waals surface area contributed by atoms with E-state index in [1.165, 1.54) is 27.4 Å². The van der Waals surface area contributed by atoms with E-state index in [0.717, 1.165) is 24.7 Å². The van der Waals surface area contributed by atoms with E-state index in [1.807, 2.05) is 0 Å². The zero-order chi connectivity index (χ0) is 13.2. The fourth-order valence-corrected chi connectivity index (χ4v) is 3.03. The normalized spacial score (nSPS) is 11.5. The molecule has 1 nitrogen and oxygen atoms in total. The molecule has 0 atom stereocenters. The zero-order valence-corrected chi connectivity index (χ0v) is 12.8. The predicted molar refractivity (Wildman–Crippen MR) is 87.2 cm³/mol. The largest absolute Gasteiger partial charge is 0.340 e. The highest BCUT2D eigenvalue weighted by atomic mass is 79.9. The Balaban J connectivity index is 2.30. The van der Waals surface area contributed by atoms with E-state index in [4.69, 9.17) is 0 Å². The molecule has 0 N–H and O–H groups in total. The van der Waals surface area contributed by atoms with E-state index in [9.17, 15) is 0 Å². The highest BCUT2D eigenvalue weighted by Gasteiger charge is 2.09. The number of aryl methyl sites for hydroxylation is 2. The van der Waals surface area contributed by atoms with Crippen molar-refractivity contribution in [1.29, 1.82) is 0 Å². The van der Waals surface area contributed by atoms with Gasteiger partial charge in [0.25, 0.3) is 0 Å². The minimum Gasteiger partial charge on any atom is -0.340 e. The lowest BCUT2D eigenvalue weighted by Crippen LogP contribution is -1.97. The molecule has 0 fully saturated rings. The van der Waals surface area contributed by atoms with Gasteiger partial charge in [0, 0.05) is 33.7 Å². The Kier molecular flexibility index (Phi) is 3.61. The van der Waals surface area contributed by atoms with Crippen LogP contribution in [0.15, 0.2) is 42.5 Å². The van der Waals surface area contributed by atoms with Gasteiger partial charge in [-0.3, -0.25) is 0 Å². The van der Waals surface area contributed by atoms with E-state index in [0.29, 0.717) is 0 Å². The average Bonchev–Trinajstić information content (AvgIpc) is 2.78. The third kappa shape index (κ3) is 2.18. The molecule has 0 aliphatic heterocycles. The number of halogens is 1. The van der Waals surface area contributed by atoms with E-state index in [2.05, 4.69) is 69.9 Å². The number of para-hydroxylation sites is 1. The lowest BCUT2D eigenvalue weighted by Gasteiger charge is -2.06. The van der Waals surface area contributed by atoms with Crippen molar-refractivity contribution in [1.82, 2.24) is 4.57 Å². The molecule has 19 heavy (non-hydrogen) atoms. The van der Waals surface area contributed by atoms with Crippen LogP contribution in [0.3, 0.4) is 0 Å². The highest BCUT2D eigenvalue weighted by Crippen LogP contribution is 2.30. The molecule has 0 saturated heterocycles. The van der Waals surface area contributed by atoms with Crippen LogP contribution >= 0.6 is 15.9 Å². The van der Waals surface area contributed by atoms with Crippen molar-refractivity contribution in [2.24, 2.45) is 0 Å². The fourth-order valence-electron chi connectivity index (χ4n) is 2.78. The Hall–Kier alpha value is -1.28. The summed E-state index contributed by atoms with van der Waals surface area (Å²) in [4.78, 5) is 0. The second-order valence-electron chi connectivity index (χ2n) is 4.92. The molecule has 0 saturated carbocycles. The molecule has 0 unspecified atom stereocenters. The van der Waals surface area contributed by atoms with Gasteiger partial charge in [-0.05, 0) is 36.6 Å². The molecular weight excluding hydrogens is 298 g/mol. The first-order valence-corrected chi connectivity index (χ1v) is 8.03. The van der Waals surface area contributed by atoms with Crippen molar-refractivity contribution >= 4 is 37.7 Å². The van der Waals surface area contributed by atoms with Crippen molar-refractivity contribution in [2.75, 3.05) is 5.33 Å². The quantitative estimate of drug-likeness (QED) is 0.587. The first kappa shape index (κ1) is 12.7. The SMILES string of the molecule is CCc1ccc2c(c1)c1ccccc1n2CCCBr. The molecular formula is C17H18BrN. The second-order valence-corrected chi connectivity index (χ2v) is 5.71. The maximum atomic E-state index is 3.53. The highest BCUT2D eigenvalue weighted by molar-refractivity contribution is 9.09. The van der Waals surface area contributed by atoms with E-state index in [1.54, 1.807) is 0 Å². The summed E-state index contributed by atoms with van der Waals surface area (Å²) in [6.45, 7) is 3.28. The van der Waals surface area contributed by atoms with Crippen LogP contribution < -0.4 is 0 Å². The summed E-state index contributed by atoms with van der Waals surface area (Å²) in [5.41, 5.74) is 4.13. The minimum absolute atomic E-state index is 1.05. The number of aromatic nitrogens is 1. The number of hydrogen-bond donors (Lipinski definition) is 0. The summed E-state index contributed by atoms with van der Waals surface area (Å²) in [6.07, 6.45) is 2.25. The number of nitrogens with zero attached hydrogens (tertiary/aromatic N) is 1. The number of benzene rings is 2. The van der Waals surface area contributed by atoms with Gasteiger partial charge in [-0.25, -0.2) is 0 Å². The third-order valence-electron chi connectivity index (χ3n) is 3.76. The maximum Gasteiger partial charge on any atom is 0.0491 e. The Morgan fingerprint density at radius 3 is 2.58 bits per heavy atom. The van der Waals surface area contributed by atoms with Crippen LogP contribution in [0.2, 0.25) is 0 Å². The predicted octanol–water partition coefficient (Wildman–Crippen LogP) is 5.14. The van der Waals surface area contributed by atoms with Gasteiger partial charge in [-0.1, -0.05) is 47.1 Å². The van der Waals surface area contributed by atoms with Gasteiger partial charge >= 0.3 is 0 Å². The van der Waals surface area contributed by atoms with Gasteiger partial charge in [-0.2, -0.15) is 0 Å². The van der Waals surface area contributed by atoms with E-state index >= 15 is 0 Å². The summed E-state index contributed by atoms with van der Waals surface area (Å²) < 4.78 is 2.45. The van der Waals surface area contributed by atoms with Crippen LogP contribution in [0, 0.1) is 0 Å². The first-order valence-electron chi connectivity index (χ1n) is 6.91. The molecule has 3 rings (SSSR count). The van der Waals surface area contributed by atoms with Crippen LogP contribution in [-0.4, -0.2) is 9.90 Å². The number of alkyl halides is 1. The van der Waals surface area contributed by atoms with Crippen molar-refractivity contribution in [3.05, 3.63) is 48.0 Å². The maximum absolute atomic E-state index is 3.53. The number of fused-ring (bicyclic) bond motifs is 3. The monoisotopic (exact) mass is 315 g/mol. The molecule has 1 aromatic heterocycles. The number of rotatable bonds is 4. The van der Waals surface area contributed by atoms with Gasteiger partial charge in [-0.15, -0.1) is 0 Å². The van der Waals surface area contributed by atoms with Gasteiger partial charge in [0.2, 0.25) is 0 Å². The van der Waals surface area contributed by atoms with Crippen molar-refractivity contribution in [3.63, 3.8) is 0 Å². The van der Waals surface area contributed by atoms with E-state index in [-0.39, 0.29) is 0 Å². The molecule has 2 aromatic carbocycles. The lowest BCUT2D eigenvalue weighted by molar-refractivity contribution is 0.732. The van der Waals surface area contributed by atoms with Crippen LogP contribution in [-0.2, 0) is 13.0 Å². The molecule has 98 valence electrons. The third-order valence-corrected chi connectivity index (χ3v) is 4.32. The van der Waals surface area contributed by atoms with Gasteiger partial charge in [0.1, 0.15) is 0 Å². The Morgan fingerprint density at radius 2 is 1.79 bits per heavy atom. The Morgan fingerprint density at radius 1 is 1.00 bits per heavy atom. The first-order chi connectivity index (χ1) is 9.35. The van der Waals surface area contributed by atoms with Gasteiger partial charge in [0.15, 0.2) is 0 Å². The summed E-state index contributed by atoms with van der Waals surface area (Å²) in [7, 11) is 0. The topological polar surface area (TPSA) is 4.93 Å². The average molecular weight is 316 g/mol. The van der Waals surface area contributed by atoms with E-state index < -0.39 is 0 Å². The minimum atomic E-state index is 1.05. The Bertz CT molecular complexity index is 712. The molecule has 0 aliphatic rings. The van der Waals surface area contributed by atoms with Crippen LogP contribution in [0.5, 0.6) is 0 Å². The standard InChI is InChI=1S/C17H18BrN/c1-2-13-8-9-17-15(12-13)14-6-3-4-7-16(14)19(17)11-5-10-18/h3-4,6-9,12H,2,5,10-11H2,1H3. The molecule has 0 amide bonds. The van der Waals surface area contributed by atoms with Crippen molar-refractivity contribution in [2.45, 2.75) is 26.3 Å². The zero-order valence-electron chi connectivity index (χ0n) is 11.2. The summed E-state index contributed by atoms with van der Waals surface area (Å²) >= 11 is 3.53. The summed E-state index contributed by atoms with van der Waals surface area (Å²) in [5.74, 6) is 0. The van der Waals surface area contributed by atoms with Crippen LogP contribution in [0.1, 0.15) is 18.9 Å². The van der Waals surface area contributed by atoms with Gasteiger partial charge < -0.3 is 4.57 Å². The molecule has 0 bridgehead atoms. The molecule has 0 radical (unpaired) electrons. The summed E-state index contributed by atoms with van der Waals surface area (Å²) in [5, 5.41) is 3.82. The molecule has 2 heteroatoms. The van der Waals surface area contributed by atoms with Crippen molar-refractivity contribution < 1.29 is 0 Å². The van der Waals surface area contributed by atoms with Crippen molar-refractivity contribution in [3.8, 4) is 0 Å². The Labute approximate surface area is 122 Å². The van der Waals surface area contributed by atoms with Crippen LogP contribution in [0.4, 0.5) is 0 Å². The summed E-state index contributed by atoms with van der Waals surface area (Å²) in [6, 6.07) is 15.6. The smallest absolute Gasteiger partial charge is 0.0491 e. The number of hydrogen-bond acceptors (Lipinski definition) is 0. The fraction of sp³-hybridized carbons (Fsp3) is 0.294. The molecule has 1 heterocycles. The van der Waals surface area contributed by atoms with Gasteiger partial charge in [0.05, 0.1) is 0 Å². The lowest BCUT2D eigenvalue weighted by atomic mass is 10.1.